The Balaban J connectivity index is 1.68. The van der Waals surface area contributed by atoms with Crippen LogP contribution in [-0.2, 0) is 0 Å². The quantitative estimate of drug-likeness (QED) is 0.743. The molecule has 0 fully saturated rings. The molecule has 0 atom stereocenters. The third kappa shape index (κ3) is 4.31. The predicted molar refractivity (Wildman–Crippen MR) is 95.9 cm³/mol. The minimum atomic E-state index is -0.402. The van der Waals surface area contributed by atoms with Crippen LogP contribution < -0.4 is 10.6 Å². The second kappa shape index (κ2) is 7.43. The molecule has 0 saturated carbocycles. The van der Waals surface area contributed by atoms with Crippen molar-refractivity contribution in [1.82, 2.24) is 10.2 Å². The van der Waals surface area contributed by atoms with Gasteiger partial charge in [0.15, 0.2) is 11.5 Å². The van der Waals surface area contributed by atoms with Gasteiger partial charge in [0.2, 0.25) is 0 Å². The van der Waals surface area contributed by atoms with Gasteiger partial charge in [0.05, 0.1) is 11.6 Å². The molecule has 0 saturated heterocycles. The first-order valence-electron chi connectivity index (χ1n) is 7.32. The Morgan fingerprint density at radius 2 is 1.80 bits per heavy atom. The molecule has 1 amide bonds. The summed E-state index contributed by atoms with van der Waals surface area (Å²) in [6, 6.07) is 19.0. The van der Waals surface area contributed by atoms with Gasteiger partial charge in [0.1, 0.15) is 0 Å². The Morgan fingerprint density at radius 1 is 1.00 bits per heavy atom. The Labute approximate surface area is 149 Å². The van der Waals surface area contributed by atoms with Crippen molar-refractivity contribution in [3.8, 4) is 6.07 Å². The molecule has 122 valence electrons. The number of carbonyl (C=O) groups is 1. The lowest BCUT2D eigenvalue weighted by atomic mass is 10.2. The number of benzene rings is 2. The van der Waals surface area contributed by atoms with Crippen LogP contribution in [0, 0.1) is 11.3 Å². The number of aromatic nitrogens is 2. The molecule has 2 N–H and O–H groups in total. The lowest BCUT2D eigenvalue weighted by Gasteiger charge is -2.07. The van der Waals surface area contributed by atoms with Gasteiger partial charge in [-0.25, -0.2) is 0 Å². The highest BCUT2D eigenvalue weighted by Gasteiger charge is 2.09. The standard InChI is InChI=1S/C18H12ClN5O/c19-13-4-6-14(7-5-13)21-17-9-8-16(23-24-17)18(25)22-15-3-1-2-12(10-15)11-20/h1-10H,(H,21,24)(H,22,25). The number of nitrogens with zero attached hydrogens (tertiary/aromatic N) is 3. The van der Waals surface area contributed by atoms with Crippen molar-refractivity contribution in [2.24, 2.45) is 0 Å². The van der Waals surface area contributed by atoms with Gasteiger partial charge in [-0.2, -0.15) is 5.26 Å². The molecule has 1 aromatic heterocycles. The zero-order valence-electron chi connectivity index (χ0n) is 12.9. The van der Waals surface area contributed by atoms with E-state index >= 15 is 0 Å². The first-order valence-corrected chi connectivity index (χ1v) is 7.70. The average molecular weight is 350 g/mol. The predicted octanol–water partition coefficient (Wildman–Crippen LogP) is 4.00. The van der Waals surface area contributed by atoms with Gasteiger partial charge < -0.3 is 10.6 Å². The van der Waals surface area contributed by atoms with Crippen LogP contribution in [-0.4, -0.2) is 16.1 Å². The Kier molecular flexibility index (Phi) is 4.88. The van der Waals surface area contributed by atoms with Gasteiger partial charge in [-0.3, -0.25) is 4.79 Å². The first kappa shape index (κ1) is 16.4. The van der Waals surface area contributed by atoms with Crippen molar-refractivity contribution in [2.45, 2.75) is 0 Å². The SMILES string of the molecule is N#Cc1cccc(NC(=O)c2ccc(Nc3ccc(Cl)cc3)nn2)c1. The van der Waals surface area contributed by atoms with Crippen LogP contribution >= 0.6 is 11.6 Å². The van der Waals surface area contributed by atoms with Gasteiger partial charge >= 0.3 is 0 Å². The van der Waals surface area contributed by atoms with Gasteiger partial charge in [-0.15, -0.1) is 10.2 Å². The lowest BCUT2D eigenvalue weighted by Crippen LogP contribution is -2.14. The van der Waals surface area contributed by atoms with E-state index in [4.69, 9.17) is 16.9 Å². The summed E-state index contributed by atoms with van der Waals surface area (Å²) in [5, 5.41) is 23.2. The molecule has 6 nitrogen and oxygen atoms in total. The molecule has 25 heavy (non-hydrogen) atoms. The molecule has 3 aromatic rings. The zero-order chi connectivity index (χ0) is 17.6. The number of nitrogens with one attached hydrogen (secondary N) is 2. The number of nitriles is 1. The van der Waals surface area contributed by atoms with Crippen LogP contribution in [0.3, 0.4) is 0 Å². The number of hydrogen-bond acceptors (Lipinski definition) is 5. The fourth-order valence-electron chi connectivity index (χ4n) is 2.06. The molecule has 1 heterocycles. The summed E-state index contributed by atoms with van der Waals surface area (Å²) in [6.45, 7) is 0. The van der Waals surface area contributed by atoms with Gasteiger partial charge in [0.25, 0.3) is 5.91 Å². The van der Waals surface area contributed by atoms with E-state index in [1.807, 2.05) is 18.2 Å². The maximum absolute atomic E-state index is 12.2. The average Bonchev–Trinajstić information content (AvgIpc) is 2.64. The normalized spacial score (nSPS) is 9.92. The summed E-state index contributed by atoms with van der Waals surface area (Å²) in [7, 11) is 0. The van der Waals surface area contributed by atoms with Gasteiger partial charge in [-0.05, 0) is 54.6 Å². The molecule has 7 heteroatoms. The summed E-state index contributed by atoms with van der Waals surface area (Å²) in [6.07, 6.45) is 0. The number of halogens is 1. The van der Waals surface area contributed by atoms with E-state index in [2.05, 4.69) is 20.8 Å². The summed E-state index contributed by atoms with van der Waals surface area (Å²) in [4.78, 5) is 12.2. The number of anilines is 3. The third-order valence-electron chi connectivity index (χ3n) is 3.26. The van der Waals surface area contributed by atoms with Crippen LogP contribution in [0.15, 0.2) is 60.7 Å². The highest BCUT2D eigenvalue weighted by molar-refractivity contribution is 6.30. The number of rotatable bonds is 4. The van der Waals surface area contributed by atoms with E-state index in [0.717, 1.165) is 5.69 Å². The van der Waals surface area contributed by atoms with Gasteiger partial charge in [-0.1, -0.05) is 17.7 Å². The second-order valence-electron chi connectivity index (χ2n) is 5.08. The fourth-order valence-corrected chi connectivity index (χ4v) is 2.19. The fraction of sp³-hybridized carbons (Fsp3) is 0. The molecule has 0 unspecified atom stereocenters. The molecular weight excluding hydrogens is 338 g/mol. The third-order valence-corrected chi connectivity index (χ3v) is 3.52. The van der Waals surface area contributed by atoms with Crippen molar-refractivity contribution in [2.75, 3.05) is 10.6 Å². The smallest absolute Gasteiger partial charge is 0.276 e. The number of carbonyl (C=O) groups excluding carboxylic acids is 1. The largest absolute Gasteiger partial charge is 0.339 e. The van der Waals surface area contributed by atoms with E-state index in [1.165, 1.54) is 0 Å². The summed E-state index contributed by atoms with van der Waals surface area (Å²) >= 11 is 5.84. The van der Waals surface area contributed by atoms with E-state index in [0.29, 0.717) is 22.1 Å². The summed E-state index contributed by atoms with van der Waals surface area (Å²) in [5.74, 6) is 0.103. The monoisotopic (exact) mass is 349 g/mol. The van der Waals surface area contributed by atoms with Crippen molar-refractivity contribution < 1.29 is 4.79 Å². The molecular formula is C18H12ClN5O. The molecule has 0 radical (unpaired) electrons. The zero-order valence-corrected chi connectivity index (χ0v) is 13.7. The highest BCUT2D eigenvalue weighted by atomic mass is 35.5. The maximum atomic E-state index is 12.2. The molecule has 0 bridgehead atoms. The van der Waals surface area contributed by atoms with E-state index in [1.54, 1.807) is 48.5 Å². The molecule has 0 aliphatic heterocycles. The highest BCUT2D eigenvalue weighted by Crippen LogP contribution is 2.17. The van der Waals surface area contributed by atoms with Crippen LogP contribution in [0.1, 0.15) is 16.1 Å². The van der Waals surface area contributed by atoms with Crippen LogP contribution in [0.4, 0.5) is 17.2 Å². The molecule has 0 spiro atoms. The molecule has 0 aliphatic carbocycles. The Hall–Kier alpha value is -3.43. The number of hydrogen-bond donors (Lipinski definition) is 2. The Morgan fingerprint density at radius 3 is 2.48 bits per heavy atom. The first-order chi connectivity index (χ1) is 12.1. The van der Waals surface area contributed by atoms with Crippen LogP contribution in [0.5, 0.6) is 0 Å². The molecule has 0 aliphatic rings. The maximum Gasteiger partial charge on any atom is 0.276 e. The topological polar surface area (TPSA) is 90.7 Å². The second-order valence-corrected chi connectivity index (χ2v) is 5.52. The van der Waals surface area contributed by atoms with Crippen molar-refractivity contribution >= 4 is 34.7 Å². The molecule has 3 rings (SSSR count). The van der Waals surface area contributed by atoms with E-state index in [-0.39, 0.29) is 5.69 Å². The van der Waals surface area contributed by atoms with Crippen molar-refractivity contribution in [3.63, 3.8) is 0 Å². The van der Waals surface area contributed by atoms with Crippen LogP contribution in [0.25, 0.3) is 0 Å². The Bertz CT molecular complexity index is 933. The van der Waals surface area contributed by atoms with E-state index in [9.17, 15) is 4.79 Å². The van der Waals surface area contributed by atoms with Crippen LogP contribution in [0.2, 0.25) is 5.02 Å². The minimum absolute atomic E-state index is 0.170. The van der Waals surface area contributed by atoms with E-state index < -0.39 is 5.91 Å². The lowest BCUT2D eigenvalue weighted by molar-refractivity contribution is 0.102. The summed E-state index contributed by atoms with van der Waals surface area (Å²) < 4.78 is 0. The molecule has 2 aromatic carbocycles. The van der Waals surface area contributed by atoms with Crippen molar-refractivity contribution in [3.05, 3.63) is 76.9 Å². The minimum Gasteiger partial charge on any atom is -0.339 e. The van der Waals surface area contributed by atoms with Gasteiger partial charge in [0, 0.05) is 16.4 Å². The summed E-state index contributed by atoms with van der Waals surface area (Å²) in [5.41, 5.74) is 1.97. The van der Waals surface area contributed by atoms with Crippen molar-refractivity contribution in [1.29, 1.82) is 5.26 Å². The number of amides is 1.